The van der Waals surface area contributed by atoms with Gasteiger partial charge in [-0.15, -0.1) is 11.3 Å². The van der Waals surface area contributed by atoms with Gasteiger partial charge in [0.15, 0.2) is 0 Å². The van der Waals surface area contributed by atoms with E-state index >= 15 is 0 Å². The standard InChI is InChI=1S/C7H11NPS/c1-2-5-9(4-1)7-8-3-6-10-7/h3,6,9H,1-2,4-5H2. The van der Waals surface area contributed by atoms with E-state index in [0.29, 0.717) is 0 Å². The average molecular weight is 172 g/mol. The summed E-state index contributed by atoms with van der Waals surface area (Å²) in [4.78, 5) is 4.36. The molecule has 2 rings (SSSR count). The summed E-state index contributed by atoms with van der Waals surface area (Å²) in [6.45, 7) is 0. The third-order valence-electron chi connectivity index (χ3n) is 1.94. The zero-order valence-corrected chi connectivity index (χ0v) is 7.66. The average Bonchev–Trinajstić information content (AvgIpc) is 2.59. The van der Waals surface area contributed by atoms with Crippen LogP contribution in [0.2, 0.25) is 0 Å². The van der Waals surface area contributed by atoms with Gasteiger partial charge in [0, 0.05) is 11.6 Å². The van der Waals surface area contributed by atoms with Crippen LogP contribution in [0.25, 0.3) is 0 Å². The Bertz CT molecular complexity index is 191. The summed E-state index contributed by atoms with van der Waals surface area (Å²) in [5.41, 5.74) is 0. The molecule has 0 N–H and O–H groups in total. The van der Waals surface area contributed by atoms with Gasteiger partial charge in [-0.1, -0.05) is 7.92 Å². The highest BCUT2D eigenvalue weighted by Crippen LogP contribution is 2.42. The fourth-order valence-electron chi connectivity index (χ4n) is 1.41. The molecule has 1 aromatic rings. The van der Waals surface area contributed by atoms with Crippen LogP contribution in [0, 0.1) is 0 Å². The van der Waals surface area contributed by atoms with Crippen LogP contribution in [-0.4, -0.2) is 17.3 Å². The molecule has 0 unspecified atom stereocenters. The summed E-state index contributed by atoms with van der Waals surface area (Å²) in [5, 5.41) is 2.10. The molecule has 1 aliphatic heterocycles. The number of hydrogen-bond acceptors (Lipinski definition) is 2. The second-order valence-electron chi connectivity index (χ2n) is 2.65. The molecule has 0 aromatic carbocycles. The highest BCUT2D eigenvalue weighted by molar-refractivity contribution is 7.71. The van der Waals surface area contributed by atoms with Crippen molar-refractivity contribution in [1.82, 2.24) is 4.98 Å². The number of rotatable bonds is 1. The first-order valence-electron chi connectivity index (χ1n) is 3.71. The zero-order chi connectivity index (χ0) is 6.81. The van der Waals surface area contributed by atoms with Gasteiger partial charge in [0.25, 0.3) is 0 Å². The van der Waals surface area contributed by atoms with E-state index in [1.807, 2.05) is 17.5 Å². The van der Waals surface area contributed by atoms with Crippen LogP contribution in [0.15, 0.2) is 11.6 Å². The summed E-state index contributed by atoms with van der Waals surface area (Å²) in [6, 6.07) is 0. The first-order valence-corrected chi connectivity index (χ1v) is 6.51. The summed E-state index contributed by atoms with van der Waals surface area (Å²) in [6.07, 6.45) is 7.79. The Morgan fingerprint density at radius 1 is 1.40 bits per heavy atom. The molecular weight excluding hydrogens is 161 g/mol. The van der Waals surface area contributed by atoms with E-state index in [2.05, 4.69) is 10.4 Å². The minimum absolute atomic E-state index is 0.139. The van der Waals surface area contributed by atoms with Crippen LogP contribution in [0.4, 0.5) is 0 Å². The van der Waals surface area contributed by atoms with Crippen LogP contribution < -0.4 is 4.75 Å². The molecule has 0 atom stereocenters. The maximum atomic E-state index is 4.36. The van der Waals surface area contributed by atoms with Crippen LogP contribution in [0.3, 0.4) is 0 Å². The molecule has 3 heteroatoms. The van der Waals surface area contributed by atoms with E-state index in [1.54, 1.807) is 0 Å². The first-order chi connectivity index (χ1) is 4.97. The molecule has 0 spiro atoms. The Labute approximate surface area is 66.2 Å². The molecule has 1 aliphatic rings. The summed E-state index contributed by atoms with van der Waals surface area (Å²) >= 11 is 1.85. The third-order valence-corrected chi connectivity index (χ3v) is 6.40. The van der Waals surface area contributed by atoms with Crippen molar-refractivity contribution in [2.45, 2.75) is 12.8 Å². The highest BCUT2D eigenvalue weighted by Gasteiger charge is 2.16. The fourth-order valence-corrected chi connectivity index (χ4v) is 5.56. The van der Waals surface area contributed by atoms with Gasteiger partial charge in [-0.25, -0.2) is 4.98 Å². The molecule has 2 heterocycles. The van der Waals surface area contributed by atoms with E-state index < -0.39 is 0 Å². The largest absolute Gasteiger partial charge is 0.246 e. The van der Waals surface area contributed by atoms with Crippen LogP contribution in [0.1, 0.15) is 12.8 Å². The van der Waals surface area contributed by atoms with Gasteiger partial charge in [-0.05, 0) is 25.2 Å². The smallest absolute Gasteiger partial charge is 0.108 e. The normalized spacial score (nSPS) is 20.0. The Morgan fingerprint density at radius 2 is 2.20 bits per heavy atom. The van der Waals surface area contributed by atoms with E-state index in [-0.39, 0.29) is 7.92 Å². The van der Waals surface area contributed by atoms with Crippen molar-refractivity contribution in [3.8, 4) is 0 Å². The van der Waals surface area contributed by atoms with E-state index in [9.17, 15) is 0 Å². The maximum Gasteiger partial charge on any atom is 0.108 e. The SMILES string of the molecule is c1csc([PH]2CCCC2)n1. The minimum Gasteiger partial charge on any atom is -0.246 e. The summed E-state index contributed by atoms with van der Waals surface area (Å²) in [7, 11) is -0.139. The topological polar surface area (TPSA) is 12.9 Å². The molecule has 1 radical (unpaired) electrons. The van der Waals surface area contributed by atoms with Crippen molar-refractivity contribution in [1.29, 1.82) is 0 Å². The lowest BCUT2D eigenvalue weighted by Gasteiger charge is -2.04. The highest BCUT2D eigenvalue weighted by atomic mass is 32.1. The molecule has 55 valence electrons. The van der Waals surface area contributed by atoms with Crippen molar-refractivity contribution in [3.63, 3.8) is 0 Å². The van der Waals surface area contributed by atoms with E-state index in [0.717, 1.165) is 0 Å². The molecule has 10 heavy (non-hydrogen) atoms. The quantitative estimate of drug-likeness (QED) is 0.588. The predicted molar refractivity (Wildman–Crippen MR) is 49.0 cm³/mol. The molecule has 1 saturated heterocycles. The van der Waals surface area contributed by atoms with Crippen molar-refractivity contribution in [2.75, 3.05) is 12.3 Å². The zero-order valence-electron chi connectivity index (χ0n) is 5.84. The van der Waals surface area contributed by atoms with Gasteiger partial charge < -0.3 is 0 Å². The van der Waals surface area contributed by atoms with Gasteiger partial charge in [-0.2, -0.15) is 0 Å². The molecule has 1 nitrogen and oxygen atoms in total. The molecule has 1 fully saturated rings. The van der Waals surface area contributed by atoms with Crippen molar-refractivity contribution in [3.05, 3.63) is 11.6 Å². The van der Waals surface area contributed by atoms with Crippen LogP contribution >= 0.6 is 19.3 Å². The summed E-state index contributed by atoms with van der Waals surface area (Å²) in [5.74, 6) is 0. The van der Waals surface area contributed by atoms with Gasteiger partial charge in [-0.3, -0.25) is 0 Å². The molecular formula is C7H11NPS. The lowest BCUT2D eigenvalue weighted by Crippen LogP contribution is -1.98. The molecule has 0 amide bonds. The Morgan fingerprint density at radius 3 is 2.80 bits per heavy atom. The van der Waals surface area contributed by atoms with Crippen molar-refractivity contribution < 1.29 is 0 Å². The lowest BCUT2D eigenvalue weighted by molar-refractivity contribution is 0.949. The lowest BCUT2D eigenvalue weighted by atomic mass is 10.4. The number of hydrogen-bond donors (Lipinski definition) is 0. The van der Waals surface area contributed by atoms with Crippen molar-refractivity contribution in [2.24, 2.45) is 0 Å². The van der Waals surface area contributed by atoms with Gasteiger partial charge in [0.1, 0.15) is 4.75 Å². The minimum atomic E-state index is -0.139. The predicted octanol–water partition coefficient (Wildman–Crippen LogP) is 1.78. The Hall–Kier alpha value is 0.0600. The fraction of sp³-hybridized carbons (Fsp3) is 0.571. The molecule has 0 bridgehead atoms. The Kier molecular flexibility index (Phi) is 2.01. The molecule has 0 saturated carbocycles. The van der Waals surface area contributed by atoms with Gasteiger partial charge in [0.2, 0.25) is 0 Å². The molecule has 1 aromatic heterocycles. The maximum absolute atomic E-state index is 4.36. The summed E-state index contributed by atoms with van der Waals surface area (Å²) < 4.78 is 1.46. The van der Waals surface area contributed by atoms with Crippen molar-refractivity contribution >= 4 is 24.0 Å². The van der Waals surface area contributed by atoms with Gasteiger partial charge >= 0.3 is 0 Å². The van der Waals surface area contributed by atoms with E-state index in [4.69, 9.17) is 0 Å². The monoisotopic (exact) mass is 172 g/mol. The van der Waals surface area contributed by atoms with E-state index in [1.165, 1.54) is 29.9 Å². The second kappa shape index (κ2) is 2.98. The van der Waals surface area contributed by atoms with Crippen LogP contribution in [-0.2, 0) is 0 Å². The number of thiazole rings is 1. The van der Waals surface area contributed by atoms with Crippen LogP contribution in [0.5, 0.6) is 0 Å². The third kappa shape index (κ3) is 1.23. The molecule has 0 aliphatic carbocycles. The second-order valence-corrected chi connectivity index (χ2v) is 6.59. The van der Waals surface area contributed by atoms with Gasteiger partial charge in [0.05, 0.1) is 0 Å². The number of nitrogens with zero attached hydrogens (tertiary/aromatic N) is 1. The Balaban J connectivity index is 2.12. The number of aromatic nitrogens is 1. The first kappa shape index (κ1) is 6.75.